The largest absolute Gasteiger partial charge is 0.493 e. The van der Waals surface area contributed by atoms with E-state index < -0.39 is 0 Å². The Labute approximate surface area is 130 Å². The molecule has 1 heterocycles. The summed E-state index contributed by atoms with van der Waals surface area (Å²) < 4.78 is 10.5. The zero-order valence-electron chi connectivity index (χ0n) is 13.4. The van der Waals surface area contributed by atoms with Gasteiger partial charge >= 0.3 is 0 Å². The highest BCUT2D eigenvalue weighted by molar-refractivity contribution is 5.60. The average molecular weight is 302 g/mol. The van der Waals surface area contributed by atoms with E-state index in [0.717, 1.165) is 18.1 Å². The summed E-state index contributed by atoms with van der Waals surface area (Å²) in [7, 11) is 3.21. The molecule has 0 saturated heterocycles. The second kappa shape index (κ2) is 7.49. The van der Waals surface area contributed by atoms with Gasteiger partial charge in [-0.25, -0.2) is 4.98 Å². The van der Waals surface area contributed by atoms with E-state index in [1.807, 2.05) is 24.3 Å². The van der Waals surface area contributed by atoms with Crippen molar-refractivity contribution in [1.29, 1.82) is 0 Å². The third kappa shape index (κ3) is 4.25. The second-order valence-electron chi connectivity index (χ2n) is 5.23. The summed E-state index contributed by atoms with van der Waals surface area (Å²) in [6.07, 6.45) is 1.72. The molecule has 0 aliphatic rings. The molecule has 0 amide bonds. The van der Waals surface area contributed by atoms with Crippen molar-refractivity contribution in [3.63, 3.8) is 0 Å². The minimum atomic E-state index is 0.529. The molecule has 2 aromatic rings. The van der Waals surface area contributed by atoms with E-state index >= 15 is 0 Å². The summed E-state index contributed by atoms with van der Waals surface area (Å²) in [5.41, 5.74) is 0.832. The van der Waals surface area contributed by atoms with Crippen molar-refractivity contribution < 1.29 is 9.47 Å². The van der Waals surface area contributed by atoms with Crippen molar-refractivity contribution in [2.24, 2.45) is 5.92 Å². The van der Waals surface area contributed by atoms with Crippen LogP contribution in [0.4, 0.5) is 17.5 Å². The number of nitrogens with one attached hydrogen (secondary N) is 2. The zero-order valence-corrected chi connectivity index (χ0v) is 13.4. The minimum absolute atomic E-state index is 0.529. The van der Waals surface area contributed by atoms with Gasteiger partial charge in [0.15, 0.2) is 11.5 Å². The van der Waals surface area contributed by atoms with Crippen LogP contribution in [0.1, 0.15) is 13.8 Å². The smallest absolute Gasteiger partial charge is 0.229 e. The highest BCUT2D eigenvalue weighted by atomic mass is 16.5. The Morgan fingerprint density at radius 1 is 1.09 bits per heavy atom. The SMILES string of the molecule is COc1ccc(Nc2nccc(NCC(C)C)n2)cc1OC. The van der Waals surface area contributed by atoms with Crippen LogP contribution in [-0.4, -0.2) is 30.7 Å². The van der Waals surface area contributed by atoms with Crippen molar-refractivity contribution >= 4 is 17.5 Å². The van der Waals surface area contributed by atoms with E-state index in [1.165, 1.54) is 0 Å². The summed E-state index contributed by atoms with van der Waals surface area (Å²) in [5.74, 6) is 3.22. The van der Waals surface area contributed by atoms with Crippen molar-refractivity contribution in [3.8, 4) is 11.5 Å². The lowest BCUT2D eigenvalue weighted by Gasteiger charge is -2.12. The normalized spacial score (nSPS) is 10.4. The number of rotatable bonds is 7. The topological polar surface area (TPSA) is 68.3 Å². The van der Waals surface area contributed by atoms with Crippen LogP contribution in [0.2, 0.25) is 0 Å². The van der Waals surface area contributed by atoms with Crippen molar-refractivity contribution in [3.05, 3.63) is 30.5 Å². The standard InChI is InChI=1S/C16H22N4O2/c1-11(2)10-18-15-7-8-17-16(20-15)19-12-5-6-13(21-3)14(9-12)22-4/h5-9,11H,10H2,1-4H3,(H2,17,18,19,20). The Kier molecular flexibility index (Phi) is 5.41. The molecule has 2 N–H and O–H groups in total. The zero-order chi connectivity index (χ0) is 15.9. The van der Waals surface area contributed by atoms with E-state index in [1.54, 1.807) is 20.4 Å². The Morgan fingerprint density at radius 3 is 2.55 bits per heavy atom. The molecule has 1 aromatic heterocycles. The summed E-state index contributed by atoms with van der Waals surface area (Å²) >= 11 is 0. The maximum atomic E-state index is 5.29. The van der Waals surface area contributed by atoms with Gasteiger partial charge in [-0.3, -0.25) is 0 Å². The Morgan fingerprint density at radius 2 is 1.86 bits per heavy atom. The van der Waals surface area contributed by atoms with Crippen LogP contribution in [0, 0.1) is 5.92 Å². The highest BCUT2D eigenvalue weighted by Crippen LogP contribution is 2.30. The molecule has 1 aromatic carbocycles. The first kappa shape index (κ1) is 15.9. The second-order valence-corrected chi connectivity index (χ2v) is 5.23. The lowest BCUT2D eigenvalue weighted by Crippen LogP contribution is -2.10. The molecule has 2 rings (SSSR count). The van der Waals surface area contributed by atoms with E-state index in [9.17, 15) is 0 Å². The quantitative estimate of drug-likeness (QED) is 0.818. The number of nitrogens with zero attached hydrogens (tertiary/aromatic N) is 2. The molecule has 0 fully saturated rings. The number of hydrogen-bond donors (Lipinski definition) is 2. The molecule has 6 nitrogen and oxygen atoms in total. The van der Waals surface area contributed by atoms with Gasteiger partial charge < -0.3 is 20.1 Å². The van der Waals surface area contributed by atoms with E-state index in [-0.39, 0.29) is 0 Å². The summed E-state index contributed by atoms with van der Waals surface area (Å²) in [4.78, 5) is 8.66. The van der Waals surface area contributed by atoms with Gasteiger partial charge in [-0.2, -0.15) is 4.98 Å². The van der Waals surface area contributed by atoms with Gasteiger partial charge in [-0.1, -0.05) is 13.8 Å². The molecular weight excluding hydrogens is 280 g/mol. The third-order valence-electron chi connectivity index (χ3n) is 2.99. The molecule has 0 aliphatic carbocycles. The first-order valence-corrected chi connectivity index (χ1v) is 7.18. The summed E-state index contributed by atoms with van der Waals surface area (Å²) in [5, 5.41) is 6.44. The van der Waals surface area contributed by atoms with E-state index in [2.05, 4.69) is 34.4 Å². The van der Waals surface area contributed by atoms with Crippen LogP contribution in [-0.2, 0) is 0 Å². The summed E-state index contributed by atoms with van der Waals surface area (Å²) in [6.45, 7) is 5.17. The molecule has 0 saturated carbocycles. The molecular formula is C16H22N4O2. The van der Waals surface area contributed by atoms with Crippen LogP contribution < -0.4 is 20.1 Å². The number of benzene rings is 1. The molecule has 0 aliphatic heterocycles. The van der Waals surface area contributed by atoms with E-state index in [0.29, 0.717) is 23.4 Å². The maximum Gasteiger partial charge on any atom is 0.229 e. The van der Waals surface area contributed by atoms with Crippen LogP contribution in [0.25, 0.3) is 0 Å². The molecule has 0 bridgehead atoms. The van der Waals surface area contributed by atoms with Crippen molar-refractivity contribution in [1.82, 2.24) is 9.97 Å². The van der Waals surface area contributed by atoms with Gasteiger partial charge in [0.2, 0.25) is 5.95 Å². The molecule has 22 heavy (non-hydrogen) atoms. The maximum absolute atomic E-state index is 5.29. The minimum Gasteiger partial charge on any atom is -0.493 e. The molecule has 0 atom stereocenters. The lowest BCUT2D eigenvalue weighted by atomic mass is 10.2. The number of hydrogen-bond acceptors (Lipinski definition) is 6. The fourth-order valence-electron chi connectivity index (χ4n) is 1.87. The number of anilines is 3. The number of ether oxygens (including phenoxy) is 2. The van der Waals surface area contributed by atoms with Gasteiger partial charge in [0.05, 0.1) is 14.2 Å². The van der Waals surface area contributed by atoms with Gasteiger partial charge in [0.25, 0.3) is 0 Å². The van der Waals surface area contributed by atoms with Gasteiger partial charge in [0, 0.05) is 24.5 Å². The number of methoxy groups -OCH3 is 2. The van der Waals surface area contributed by atoms with Crippen LogP contribution in [0.3, 0.4) is 0 Å². The van der Waals surface area contributed by atoms with Crippen LogP contribution >= 0.6 is 0 Å². The average Bonchev–Trinajstić information content (AvgIpc) is 2.53. The fraction of sp³-hybridized carbons (Fsp3) is 0.375. The highest BCUT2D eigenvalue weighted by Gasteiger charge is 2.06. The lowest BCUT2D eigenvalue weighted by molar-refractivity contribution is 0.355. The molecule has 0 spiro atoms. The predicted octanol–water partition coefficient (Wildman–Crippen LogP) is 3.31. The summed E-state index contributed by atoms with van der Waals surface area (Å²) in [6, 6.07) is 7.42. The van der Waals surface area contributed by atoms with E-state index in [4.69, 9.17) is 9.47 Å². The third-order valence-corrected chi connectivity index (χ3v) is 2.99. The predicted molar refractivity (Wildman–Crippen MR) is 88.2 cm³/mol. The van der Waals surface area contributed by atoms with Crippen LogP contribution in [0.5, 0.6) is 11.5 Å². The van der Waals surface area contributed by atoms with Crippen molar-refractivity contribution in [2.45, 2.75) is 13.8 Å². The van der Waals surface area contributed by atoms with Gasteiger partial charge in [-0.05, 0) is 24.1 Å². The van der Waals surface area contributed by atoms with Gasteiger partial charge in [-0.15, -0.1) is 0 Å². The van der Waals surface area contributed by atoms with Crippen molar-refractivity contribution in [2.75, 3.05) is 31.4 Å². The monoisotopic (exact) mass is 302 g/mol. The molecule has 118 valence electrons. The Hall–Kier alpha value is -2.50. The van der Waals surface area contributed by atoms with Gasteiger partial charge in [0.1, 0.15) is 5.82 Å². The molecule has 0 radical (unpaired) electrons. The Balaban J connectivity index is 2.11. The van der Waals surface area contributed by atoms with Crippen LogP contribution in [0.15, 0.2) is 30.5 Å². The Bertz CT molecular complexity index is 617. The fourth-order valence-corrected chi connectivity index (χ4v) is 1.87. The number of aromatic nitrogens is 2. The first-order valence-electron chi connectivity index (χ1n) is 7.18. The molecule has 0 unspecified atom stereocenters. The first-order chi connectivity index (χ1) is 10.6. The molecule has 6 heteroatoms.